The van der Waals surface area contributed by atoms with Crippen LogP contribution in [0.4, 0.5) is 0 Å². The third kappa shape index (κ3) is 3.63. The summed E-state index contributed by atoms with van der Waals surface area (Å²) in [4.78, 5) is 6.47. The number of methoxy groups -OCH3 is 1. The first-order valence-electron chi connectivity index (χ1n) is 7.93. The van der Waals surface area contributed by atoms with Crippen molar-refractivity contribution in [3.63, 3.8) is 0 Å². The Morgan fingerprint density at radius 3 is 2.75 bits per heavy atom. The third-order valence-electron chi connectivity index (χ3n) is 3.93. The van der Waals surface area contributed by atoms with Gasteiger partial charge >= 0.3 is 0 Å². The Bertz CT molecular complexity index is 812. The molecule has 1 aromatic carbocycles. The lowest BCUT2D eigenvalue weighted by atomic mass is 10.2. The van der Waals surface area contributed by atoms with Crippen LogP contribution in [0.2, 0.25) is 0 Å². The van der Waals surface area contributed by atoms with Crippen LogP contribution < -0.4 is 4.74 Å². The Kier molecular flexibility index (Phi) is 4.91. The molecule has 0 fully saturated rings. The average molecular weight is 322 g/mol. The highest BCUT2D eigenvalue weighted by Crippen LogP contribution is 2.17. The van der Waals surface area contributed by atoms with Gasteiger partial charge in [0.15, 0.2) is 0 Å². The quantitative estimate of drug-likeness (QED) is 0.699. The Morgan fingerprint density at radius 1 is 1.12 bits per heavy atom. The molecule has 0 amide bonds. The molecule has 5 nitrogen and oxygen atoms in total. The number of hydrogen-bond acceptors (Lipinski definition) is 4. The van der Waals surface area contributed by atoms with Crippen molar-refractivity contribution in [1.82, 2.24) is 19.7 Å². The summed E-state index contributed by atoms with van der Waals surface area (Å²) in [7, 11) is 3.73. The summed E-state index contributed by atoms with van der Waals surface area (Å²) in [6.07, 6.45) is 5.75. The van der Waals surface area contributed by atoms with Crippen molar-refractivity contribution in [2.45, 2.75) is 20.0 Å². The highest BCUT2D eigenvalue weighted by molar-refractivity contribution is 5.39. The summed E-state index contributed by atoms with van der Waals surface area (Å²) < 4.78 is 7.25. The highest BCUT2D eigenvalue weighted by Gasteiger charge is 2.09. The number of para-hydroxylation sites is 1. The van der Waals surface area contributed by atoms with Crippen LogP contribution in [0.1, 0.15) is 16.7 Å². The monoisotopic (exact) mass is 322 g/mol. The molecule has 0 aliphatic rings. The zero-order valence-electron chi connectivity index (χ0n) is 14.3. The van der Waals surface area contributed by atoms with Gasteiger partial charge in [0.2, 0.25) is 5.88 Å². The van der Waals surface area contributed by atoms with Crippen molar-refractivity contribution < 1.29 is 4.74 Å². The molecule has 3 aromatic rings. The van der Waals surface area contributed by atoms with E-state index in [1.54, 1.807) is 13.3 Å². The van der Waals surface area contributed by atoms with Crippen molar-refractivity contribution >= 4 is 0 Å². The second kappa shape index (κ2) is 7.27. The maximum Gasteiger partial charge on any atom is 0.217 e. The minimum absolute atomic E-state index is 0.681. The zero-order valence-corrected chi connectivity index (χ0v) is 14.3. The Labute approximate surface area is 142 Å². The van der Waals surface area contributed by atoms with Crippen LogP contribution in [0.5, 0.6) is 5.88 Å². The number of ether oxygens (including phenoxy) is 1. The summed E-state index contributed by atoms with van der Waals surface area (Å²) in [5, 5.41) is 4.49. The van der Waals surface area contributed by atoms with Gasteiger partial charge in [-0.2, -0.15) is 5.10 Å². The largest absolute Gasteiger partial charge is 0.481 e. The minimum atomic E-state index is 0.681. The van der Waals surface area contributed by atoms with Crippen LogP contribution in [0.15, 0.2) is 55.0 Å². The minimum Gasteiger partial charge on any atom is -0.481 e. The predicted octanol–water partition coefficient (Wildman–Crippen LogP) is 3.22. The van der Waals surface area contributed by atoms with Crippen molar-refractivity contribution in [3.05, 3.63) is 71.7 Å². The van der Waals surface area contributed by atoms with E-state index in [-0.39, 0.29) is 0 Å². The number of pyridine rings is 1. The first-order chi connectivity index (χ1) is 11.7. The fourth-order valence-electron chi connectivity index (χ4n) is 2.78. The van der Waals surface area contributed by atoms with Crippen molar-refractivity contribution in [2.24, 2.45) is 0 Å². The van der Waals surface area contributed by atoms with E-state index < -0.39 is 0 Å². The van der Waals surface area contributed by atoms with Crippen LogP contribution in [0.3, 0.4) is 0 Å². The highest BCUT2D eigenvalue weighted by atomic mass is 16.5. The molecule has 0 aliphatic heterocycles. The molecule has 0 spiro atoms. The molecular formula is C19H22N4O. The maximum atomic E-state index is 5.32. The predicted molar refractivity (Wildman–Crippen MR) is 94.3 cm³/mol. The Hall–Kier alpha value is -2.66. The molecular weight excluding hydrogens is 300 g/mol. The number of hydrogen-bond donors (Lipinski definition) is 0. The zero-order chi connectivity index (χ0) is 16.9. The van der Waals surface area contributed by atoms with E-state index in [4.69, 9.17) is 4.74 Å². The Balaban J connectivity index is 1.69. The van der Waals surface area contributed by atoms with Crippen LogP contribution in [-0.4, -0.2) is 33.8 Å². The molecule has 0 aliphatic carbocycles. The number of nitrogens with zero attached hydrogens (tertiary/aromatic N) is 4. The lowest BCUT2D eigenvalue weighted by Gasteiger charge is -2.16. The molecule has 5 heteroatoms. The van der Waals surface area contributed by atoms with Crippen molar-refractivity contribution in [3.8, 4) is 11.6 Å². The van der Waals surface area contributed by atoms with Gasteiger partial charge in [-0.05, 0) is 31.7 Å². The first-order valence-corrected chi connectivity index (χ1v) is 7.93. The van der Waals surface area contributed by atoms with E-state index in [0.29, 0.717) is 5.88 Å². The molecule has 0 saturated carbocycles. The molecule has 0 radical (unpaired) electrons. The fourth-order valence-corrected chi connectivity index (χ4v) is 2.78. The molecule has 0 bridgehead atoms. The number of benzene rings is 1. The molecule has 0 unspecified atom stereocenters. The number of rotatable bonds is 6. The van der Waals surface area contributed by atoms with Gasteiger partial charge in [0.1, 0.15) is 0 Å². The van der Waals surface area contributed by atoms with Gasteiger partial charge in [-0.15, -0.1) is 0 Å². The smallest absolute Gasteiger partial charge is 0.217 e. The summed E-state index contributed by atoms with van der Waals surface area (Å²) in [5.41, 5.74) is 4.57. The van der Waals surface area contributed by atoms with Crippen LogP contribution in [-0.2, 0) is 13.1 Å². The van der Waals surface area contributed by atoms with Gasteiger partial charge in [0, 0.05) is 36.6 Å². The lowest BCUT2D eigenvalue weighted by Crippen LogP contribution is -2.17. The van der Waals surface area contributed by atoms with Crippen LogP contribution >= 0.6 is 0 Å². The van der Waals surface area contributed by atoms with Gasteiger partial charge in [-0.3, -0.25) is 4.90 Å². The molecule has 2 aromatic heterocycles. The van der Waals surface area contributed by atoms with Gasteiger partial charge in [-0.1, -0.05) is 24.3 Å². The van der Waals surface area contributed by atoms with E-state index in [1.165, 1.54) is 11.1 Å². The van der Waals surface area contributed by atoms with E-state index >= 15 is 0 Å². The molecule has 124 valence electrons. The van der Waals surface area contributed by atoms with E-state index in [0.717, 1.165) is 24.3 Å². The van der Waals surface area contributed by atoms with Gasteiger partial charge in [0.05, 0.1) is 19.0 Å². The van der Waals surface area contributed by atoms with Gasteiger partial charge in [-0.25, -0.2) is 9.67 Å². The maximum absolute atomic E-state index is 5.32. The molecule has 3 rings (SSSR count). The fraction of sp³-hybridized carbons (Fsp3) is 0.263. The SMILES string of the molecule is COc1ncccc1CN(C)Cc1cnn(-c2ccccc2C)c1. The summed E-state index contributed by atoms with van der Waals surface area (Å²) >= 11 is 0. The third-order valence-corrected chi connectivity index (χ3v) is 3.93. The van der Waals surface area contributed by atoms with E-state index in [9.17, 15) is 0 Å². The van der Waals surface area contributed by atoms with E-state index in [2.05, 4.69) is 47.3 Å². The topological polar surface area (TPSA) is 43.2 Å². The van der Waals surface area contributed by atoms with Crippen LogP contribution in [0.25, 0.3) is 5.69 Å². The first kappa shape index (κ1) is 16.2. The molecule has 24 heavy (non-hydrogen) atoms. The summed E-state index contributed by atoms with van der Waals surface area (Å²) in [6.45, 7) is 3.67. The second-order valence-corrected chi connectivity index (χ2v) is 5.92. The number of aromatic nitrogens is 3. The molecule has 2 heterocycles. The lowest BCUT2D eigenvalue weighted by molar-refractivity contribution is 0.307. The summed E-state index contributed by atoms with van der Waals surface area (Å²) in [6, 6.07) is 12.2. The van der Waals surface area contributed by atoms with Crippen molar-refractivity contribution in [1.29, 1.82) is 0 Å². The van der Waals surface area contributed by atoms with Crippen LogP contribution in [0, 0.1) is 6.92 Å². The van der Waals surface area contributed by atoms with Gasteiger partial charge < -0.3 is 4.74 Å². The Morgan fingerprint density at radius 2 is 1.96 bits per heavy atom. The molecule has 0 N–H and O–H groups in total. The molecule has 0 saturated heterocycles. The normalized spacial score (nSPS) is 11.0. The second-order valence-electron chi connectivity index (χ2n) is 5.92. The number of aryl methyl sites for hydroxylation is 1. The average Bonchev–Trinajstić information content (AvgIpc) is 3.04. The van der Waals surface area contributed by atoms with Gasteiger partial charge in [0.25, 0.3) is 0 Å². The summed E-state index contributed by atoms with van der Waals surface area (Å²) in [5.74, 6) is 0.681. The van der Waals surface area contributed by atoms with E-state index in [1.807, 2.05) is 35.1 Å². The standard InChI is InChI=1S/C19H22N4O/c1-15-7-4-5-9-18(15)23-13-16(11-21-23)12-22(2)14-17-8-6-10-20-19(17)24-3/h4-11,13H,12,14H2,1-3H3. The van der Waals surface area contributed by atoms with Crippen molar-refractivity contribution in [2.75, 3.05) is 14.2 Å². The molecule has 0 atom stereocenters.